The third-order valence-electron chi connectivity index (χ3n) is 1.76. The van der Waals surface area contributed by atoms with Crippen molar-refractivity contribution in [1.29, 1.82) is 0 Å². The molecule has 0 saturated heterocycles. The lowest BCUT2D eigenvalue weighted by Gasteiger charge is -2.04. The van der Waals surface area contributed by atoms with Crippen molar-refractivity contribution in [2.24, 2.45) is 0 Å². The summed E-state index contributed by atoms with van der Waals surface area (Å²) in [6, 6.07) is 0. The van der Waals surface area contributed by atoms with Crippen molar-refractivity contribution in [2.75, 3.05) is 0 Å². The Balaban J connectivity index is 3.13. The number of carboxylic acid groups (broad SMARTS) is 1. The first-order valence-corrected chi connectivity index (χ1v) is 4.52. The zero-order valence-electron chi connectivity index (χ0n) is 7.55. The maximum Gasteiger partial charge on any atom is 0.303 e. The molecule has 0 bridgehead atoms. The minimum atomic E-state index is -0.791. The maximum atomic E-state index is 12.8. The number of halogens is 1. The number of rotatable bonds is 7. The van der Waals surface area contributed by atoms with E-state index in [1.54, 1.807) is 0 Å². The van der Waals surface area contributed by atoms with E-state index in [2.05, 4.69) is 0 Å². The number of aliphatic carboxylic acids is 1. The van der Waals surface area contributed by atoms with Gasteiger partial charge in [0.15, 0.2) is 0 Å². The Labute approximate surface area is 72.8 Å². The van der Waals surface area contributed by atoms with Gasteiger partial charge < -0.3 is 5.11 Å². The lowest BCUT2D eigenvalue weighted by molar-refractivity contribution is -0.137. The van der Waals surface area contributed by atoms with Crippen LogP contribution in [0.1, 0.15) is 45.4 Å². The van der Waals surface area contributed by atoms with Crippen LogP contribution in [0.2, 0.25) is 0 Å². The van der Waals surface area contributed by atoms with Gasteiger partial charge in [-0.2, -0.15) is 0 Å². The fourth-order valence-corrected chi connectivity index (χ4v) is 1.10. The SMILES string of the molecule is CCCC(F)CCCCC(=O)O. The first-order chi connectivity index (χ1) is 5.66. The Bertz CT molecular complexity index is 126. The molecule has 0 aromatic carbocycles. The second kappa shape index (κ2) is 7.07. The van der Waals surface area contributed by atoms with Crippen molar-refractivity contribution in [3.63, 3.8) is 0 Å². The second-order valence-corrected chi connectivity index (χ2v) is 3.03. The molecule has 12 heavy (non-hydrogen) atoms. The summed E-state index contributed by atoms with van der Waals surface area (Å²) < 4.78 is 12.8. The topological polar surface area (TPSA) is 37.3 Å². The minimum Gasteiger partial charge on any atom is -0.481 e. The number of carbonyl (C=O) groups is 1. The van der Waals surface area contributed by atoms with Gasteiger partial charge in [-0.15, -0.1) is 0 Å². The highest BCUT2D eigenvalue weighted by Crippen LogP contribution is 2.11. The van der Waals surface area contributed by atoms with Gasteiger partial charge in [-0.1, -0.05) is 13.3 Å². The Hall–Kier alpha value is -0.600. The van der Waals surface area contributed by atoms with Crippen molar-refractivity contribution in [2.45, 2.75) is 51.6 Å². The molecule has 0 aliphatic carbocycles. The summed E-state index contributed by atoms with van der Waals surface area (Å²) in [5.41, 5.74) is 0. The summed E-state index contributed by atoms with van der Waals surface area (Å²) in [6.07, 6.45) is 2.70. The molecule has 2 nitrogen and oxygen atoms in total. The minimum absolute atomic E-state index is 0.166. The van der Waals surface area contributed by atoms with E-state index < -0.39 is 12.1 Å². The molecule has 0 spiro atoms. The standard InChI is InChI=1S/C9H17FO2/c1-2-5-8(10)6-3-4-7-9(11)12/h8H,2-7H2,1H3,(H,11,12). The zero-order valence-corrected chi connectivity index (χ0v) is 7.55. The number of carboxylic acids is 1. The largest absolute Gasteiger partial charge is 0.481 e. The van der Waals surface area contributed by atoms with Gasteiger partial charge in [-0.05, 0) is 25.7 Å². The van der Waals surface area contributed by atoms with Crippen LogP contribution in [0.15, 0.2) is 0 Å². The maximum absolute atomic E-state index is 12.8. The molecule has 3 heteroatoms. The van der Waals surface area contributed by atoms with Gasteiger partial charge in [0.1, 0.15) is 6.17 Å². The molecule has 0 saturated carbocycles. The molecule has 0 amide bonds. The average molecular weight is 176 g/mol. The molecule has 0 aromatic heterocycles. The van der Waals surface area contributed by atoms with Crippen LogP contribution in [0.4, 0.5) is 4.39 Å². The predicted octanol–water partition coefficient (Wildman–Crippen LogP) is 2.77. The number of unbranched alkanes of at least 4 members (excludes halogenated alkanes) is 1. The van der Waals surface area contributed by atoms with E-state index in [1.807, 2.05) is 6.92 Å². The van der Waals surface area contributed by atoms with Crippen LogP contribution >= 0.6 is 0 Å². The molecular formula is C9H17FO2. The molecule has 1 atom stereocenters. The summed E-state index contributed by atoms with van der Waals surface area (Å²) in [4.78, 5) is 10.1. The fraction of sp³-hybridized carbons (Fsp3) is 0.889. The Morgan fingerprint density at radius 1 is 1.42 bits per heavy atom. The van der Waals surface area contributed by atoms with Crippen molar-refractivity contribution < 1.29 is 14.3 Å². The first-order valence-electron chi connectivity index (χ1n) is 4.52. The third-order valence-corrected chi connectivity index (χ3v) is 1.76. The Morgan fingerprint density at radius 3 is 2.58 bits per heavy atom. The predicted molar refractivity (Wildman–Crippen MR) is 45.9 cm³/mol. The van der Waals surface area contributed by atoms with Crippen LogP contribution in [0, 0.1) is 0 Å². The third kappa shape index (κ3) is 7.51. The van der Waals surface area contributed by atoms with E-state index in [1.165, 1.54) is 0 Å². The Kier molecular flexibility index (Phi) is 6.72. The molecular weight excluding hydrogens is 159 g/mol. The van der Waals surface area contributed by atoms with Gasteiger partial charge in [0, 0.05) is 6.42 Å². The second-order valence-electron chi connectivity index (χ2n) is 3.03. The number of alkyl halides is 1. The van der Waals surface area contributed by atoms with Gasteiger partial charge in [0.2, 0.25) is 0 Å². The van der Waals surface area contributed by atoms with Gasteiger partial charge >= 0.3 is 5.97 Å². The van der Waals surface area contributed by atoms with Crippen LogP contribution < -0.4 is 0 Å². The summed E-state index contributed by atoms with van der Waals surface area (Å²) in [7, 11) is 0. The first kappa shape index (κ1) is 11.4. The molecule has 0 radical (unpaired) electrons. The van der Waals surface area contributed by atoms with E-state index in [4.69, 9.17) is 5.11 Å². The van der Waals surface area contributed by atoms with Crippen LogP contribution in [0.3, 0.4) is 0 Å². The number of hydrogen-bond donors (Lipinski definition) is 1. The molecule has 0 aliphatic rings. The average Bonchev–Trinajstić information content (AvgIpc) is 1.98. The van der Waals surface area contributed by atoms with Crippen molar-refractivity contribution in [3.8, 4) is 0 Å². The van der Waals surface area contributed by atoms with E-state index in [9.17, 15) is 9.18 Å². The Morgan fingerprint density at radius 2 is 2.08 bits per heavy atom. The molecule has 1 unspecified atom stereocenters. The van der Waals surface area contributed by atoms with Gasteiger partial charge in [-0.3, -0.25) is 4.79 Å². The van der Waals surface area contributed by atoms with Crippen LogP contribution in [0.25, 0.3) is 0 Å². The summed E-state index contributed by atoms with van der Waals surface area (Å²) in [5.74, 6) is -0.791. The lowest BCUT2D eigenvalue weighted by atomic mass is 10.1. The highest BCUT2D eigenvalue weighted by Gasteiger charge is 2.04. The molecule has 0 fully saturated rings. The van der Waals surface area contributed by atoms with Crippen molar-refractivity contribution in [3.05, 3.63) is 0 Å². The van der Waals surface area contributed by atoms with Crippen LogP contribution in [-0.2, 0) is 4.79 Å². The quantitative estimate of drug-likeness (QED) is 0.605. The number of hydrogen-bond acceptors (Lipinski definition) is 1. The molecule has 72 valence electrons. The van der Waals surface area contributed by atoms with Crippen LogP contribution in [-0.4, -0.2) is 17.2 Å². The summed E-state index contributed by atoms with van der Waals surface area (Å²) >= 11 is 0. The normalized spacial score (nSPS) is 12.8. The highest BCUT2D eigenvalue weighted by atomic mass is 19.1. The molecule has 0 heterocycles. The van der Waals surface area contributed by atoms with E-state index in [0.29, 0.717) is 25.7 Å². The molecule has 0 rings (SSSR count). The van der Waals surface area contributed by atoms with Crippen LogP contribution in [0.5, 0.6) is 0 Å². The van der Waals surface area contributed by atoms with E-state index >= 15 is 0 Å². The molecule has 0 aliphatic heterocycles. The van der Waals surface area contributed by atoms with E-state index in [0.717, 1.165) is 6.42 Å². The van der Waals surface area contributed by atoms with Gasteiger partial charge in [0.05, 0.1) is 0 Å². The highest BCUT2D eigenvalue weighted by molar-refractivity contribution is 5.66. The van der Waals surface area contributed by atoms with E-state index in [-0.39, 0.29) is 6.42 Å². The summed E-state index contributed by atoms with van der Waals surface area (Å²) in [5, 5.41) is 8.29. The zero-order chi connectivity index (χ0) is 9.40. The lowest BCUT2D eigenvalue weighted by Crippen LogP contribution is -2.00. The summed E-state index contributed by atoms with van der Waals surface area (Å²) in [6.45, 7) is 1.95. The van der Waals surface area contributed by atoms with Gasteiger partial charge in [0.25, 0.3) is 0 Å². The molecule has 1 N–H and O–H groups in total. The van der Waals surface area contributed by atoms with Gasteiger partial charge in [-0.25, -0.2) is 4.39 Å². The van der Waals surface area contributed by atoms with Crippen molar-refractivity contribution in [1.82, 2.24) is 0 Å². The fourth-order valence-electron chi connectivity index (χ4n) is 1.10. The van der Waals surface area contributed by atoms with Crippen molar-refractivity contribution >= 4 is 5.97 Å². The monoisotopic (exact) mass is 176 g/mol. The smallest absolute Gasteiger partial charge is 0.303 e. The molecule has 0 aromatic rings.